The molecule has 7 N–H and O–H groups in total. The van der Waals surface area contributed by atoms with Gasteiger partial charge >= 0.3 is 5.97 Å². The van der Waals surface area contributed by atoms with E-state index in [1.165, 1.54) is 17.2 Å². The molecule has 2 aromatic heterocycles. The molecule has 5 rings (SSSR count). The summed E-state index contributed by atoms with van der Waals surface area (Å²) in [4.78, 5) is 25.6. The van der Waals surface area contributed by atoms with Gasteiger partial charge in [-0.1, -0.05) is 42.5 Å². The van der Waals surface area contributed by atoms with Gasteiger partial charge in [0.1, 0.15) is 36.2 Å². The number of nitrogen functional groups attached to an aromatic ring is 1. The molecule has 1 fully saturated rings. The first-order valence-corrected chi connectivity index (χ1v) is 12.4. The number of fused-ring (bicyclic) bond motifs is 2. The fraction of sp³-hybridized carbons (Fsp3) is 0.385. The molecule has 0 spiro atoms. The summed E-state index contributed by atoms with van der Waals surface area (Å²) in [5, 5.41) is 33.2. The molecule has 1 saturated heterocycles. The molecule has 0 bridgehead atoms. The van der Waals surface area contributed by atoms with E-state index in [0.717, 1.165) is 16.3 Å². The number of hydrogen-bond acceptors (Lipinski definition) is 10. The number of aliphatic carboxylic acids is 1. The van der Waals surface area contributed by atoms with E-state index in [1.54, 1.807) is 0 Å². The van der Waals surface area contributed by atoms with Crippen LogP contribution in [0.2, 0.25) is 0 Å². The van der Waals surface area contributed by atoms with Gasteiger partial charge in [0, 0.05) is 19.6 Å². The Kier molecular flexibility index (Phi) is 7.49. The minimum absolute atomic E-state index is 0.202. The zero-order valence-electron chi connectivity index (χ0n) is 20.7. The van der Waals surface area contributed by atoms with Crippen molar-refractivity contribution in [2.24, 2.45) is 5.73 Å². The first kappa shape index (κ1) is 25.9. The third-order valence-electron chi connectivity index (χ3n) is 7.04. The van der Waals surface area contributed by atoms with Crippen LogP contribution in [0.4, 0.5) is 5.82 Å². The third-order valence-corrected chi connectivity index (χ3v) is 7.04. The van der Waals surface area contributed by atoms with Crippen LogP contribution in [0.25, 0.3) is 21.9 Å². The number of nitrogens with zero attached hydrogens (tertiary/aromatic N) is 5. The third kappa shape index (κ3) is 5.30. The van der Waals surface area contributed by atoms with Crippen LogP contribution < -0.4 is 11.5 Å². The van der Waals surface area contributed by atoms with Crippen LogP contribution >= 0.6 is 0 Å². The molecule has 200 valence electrons. The molecule has 4 aromatic rings. The van der Waals surface area contributed by atoms with Crippen molar-refractivity contribution in [3.63, 3.8) is 0 Å². The van der Waals surface area contributed by atoms with Crippen LogP contribution in [0, 0.1) is 0 Å². The van der Waals surface area contributed by atoms with E-state index in [1.807, 2.05) is 17.0 Å². The Hall–Kier alpha value is -3.68. The predicted octanol–water partition coefficient (Wildman–Crippen LogP) is 0.528. The van der Waals surface area contributed by atoms with E-state index < -0.39 is 36.6 Å². The van der Waals surface area contributed by atoms with E-state index in [4.69, 9.17) is 16.2 Å². The number of carboxylic acid groups (broad SMARTS) is 1. The second kappa shape index (κ2) is 11.0. The van der Waals surface area contributed by atoms with Gasteiger partial charge in [-0.3, -0.25) is 9.36 Å². The molecule has 38 heavy (non-hydrogen) atoms. The van der Waals surface area contributed by atoms with Crippen molar-refractivity contribution in [1.82, 2.24) is 24.4 Å². The van der Waals surface area contributed by atoms with Gasteiger partial charge in [0.25, 0.3) is 0 Å². The lowest BCUT2D eigenvalue weighted by molar-refractivity contribution is -0.138. The minimum Gasteiger partial charge on any atom is -0.480 e. The number of imidazole rings is 1. The van der Waals surface area contributed by atoms with Crippen molar-refractivity contribution in [2.45, 2.75) is 43.4 Å². The highest BCUT2D eigenvalue weighted by atomic mass is 16.6. The van der Waals surface area contributed by atoms with Crippen LogP contribution in [0.5, 0.6) is 0 Å². The summed E-state index contributed by atoms with van der Waals surface area (Å²) in [5.74, 6) is -0.867. The Labute approximate surface area is 218 Å². The number of benzene rings is 2. The lowest BCUT2D eigenvalue weighted by atomic mass is 10.0. The summed E-state index contributed by atoms with van der Waals surface area (Å²) in [6, 6.07) is 13.4. The minimum atomic E-state index is -1.24. The molecular weight excluding hydrogens is 490 g/mol. The quantitative estimate of drug-likeness (QED) is 0.196. The fourth-order valence-corrected chi connectivity index (χ4v) is 4.84. The summed E-state index contributed by atoms with van der Waals surface area (Å²) in [7, 11) is 0. The fourth-order valence-electron chi connectivity index (χ4n) is 4.84. The summed E-state index contributed by atoms with van der Waals surface area (Å²) in [5.41, 5.74) is 13.5. The Balaban J connectivity index is 1.31. The van der Waals surface area contributed by atoms with Crippen molar-refractivity contribution >= 4 is 33.7 Å². The van der Waals surface area contributed by atoms with Crippen molar-refractivity contribution in [2.75, 3.05) is 25.4 Å². The van der Waals surface area contributed by atoms with E-state index in [0.29, 0.717) is 30.7 Å². The average molecular weight is 522 g/mol. The van der Waals surface area contributed by atoms with Crippen LogP contribution in [0.1, 0.15) is 18.2 Å². The smallest absolute Gasteiger partial charge is 0.320 e. The highest BCUT2D eigenvalue weighted by Gasteiger charge is 2.44. The number of hydrogen-bond donors (Lipinski definition) is 5. The molecule has 0 radical (unpaired) electrons. The molecule has 1 aliphatic rings. The molecule has 0 amide bonds. The zero-order chi connectivity index (χ0) is 26.8. The van der Waals surface area contributed by atoms with E-state index in [9.17, 15) is 20.1 Å². The number of nitrogens with two attached hydrogens (primary N) is 2. The van der Waals surface area contributed by atoms with Crippen LogP contribution in [0.3, 0.4) is 0 Å². The maximum absolute atomic E-state index is 11.3. The van der Waals surface area contributed by atoms with Gasteiger partial charge in [0.05, 0.1) is 6.33 Å². The number of anilines is 1. The molecule has 12 nitrogen and oxygen atoms in total. The maximum Gasteiger partial charge on any atom is 0.320 e. The van der Waals surface area contributed by atoms with Gasteiger partial charge in [0.15, 0.2) is 17.7 Å². The van der Waals surface area contributed by atoms with Crippen LogP contribution in [-0.4, -0.2) is 89.7 Å². The van der Waals surface area contributed by atoms with Crippen molar-refractivity contribution < 1.29 is 24.9 Å². The highest BCUT2D eigenvalue weighted by molar-refractivity contribution is 5.83. The molecule has 0 saturated carbocycles. The first-order valence-electron chi connectivity index (χ1n) is 12.4. The van der Waals surface area contributed by atoms with Gasteiger partial charge in [-0.05, 0) is 29.2 Å². The number of aliphatic hydroxyl groups excluding tert-OH is 2. The number of carbonyl (C=O) groups is 1. The van der Waals surface area contributed by atoms with Gasteiger partial charge in [0.2, 0.25) is 0 Å². The largest absolute Gasteiger partial charge is 0.480 e. The Morgan fingerprint density at radius 1 is 1.08 bits per heavy atom. The summed E-state index contributed by atoms with van der Waals surface area (Å²) < 4.78 is 7.63. The van der Waals surface area contributed by atoms with Crippen molar-refractivity contribution in [3.05, 3.63) is 60.7 Å². The lowest BCUT2D eigenvalue weighted by Gasteiger charge is -2.27. The molecule has 0 aliphatic carbocycles. The molecule has 5 atom stereocenters. The summed E-state index contributed by atoms with van der Waals surface area (Å²) in [6.45, 7) is 1.22. The zero-order valence-corrected chi connectivity index (χ0v) is 20.7. The van der Waals surface area contributed by atoms with E-state index in [-0.39, 0.29) is 18.8 Å². The van der Waals surface area contributed by atoms with Crippen molar-refractivity contribution in [3.8, 4) is 0 Å². The van der Waals surface area contributed by atoms with Gasteiger partial charge in [-0.15, -0.1) is 0 Å². The Bertz CT molecular complexity index is 1430. The lowest BCUT2D eigenvalue weighted by Crippen LogP contribution is -2.43. The van der Waals surface area contributed by atoms with E-state index >= 15 is 0 Å². The predicted molar refractivity (Wildman–Crippen MR) is 140 cm³/mol. The number of ether oxygens (including phenoxy) is 1. The number of carboxylic acids is 1. The molecule has 12 heteroatoms. The number of aliphatic hydroxyl groups is 2. The molecule has 3 heterocycles. The average Bonchev–Trinajstić information content (AvgIpc) is 3.47. The Morgan fingerprint density at radius 2 is 1.87 bits per heavy atom. The summed E-state index contributed by atoms with van der Waals surface area (Å²) in [6.07, 6.45) is -0.436. The van der Waals surface area contributed by atoms with Gasteiger partial charge in [-0.2, -0.15) is 0 Å². The van der Waals surface area contributed by atoms with Gasteiger partial charge < -0.3 is 36.4 Å². The van der Waals surface area contributed by atoms with E-state index in [2.05, 4.69) is 45.3 Å². The molecule has 2 aromatic carbocycles. The van der Waals surface area contributed by atoms with Crippen LogP contribution in [-0.2, 0) is 16.0 Å². The highest BCUT2D eigenvalue weighted by Crippen LogP contribution is 2.32. The van der Waals surface area contributed by atoms with Crippen molar-refractivity contribution in [1.29, 1.82) is 0 Å². The normalized spacial score (nSPS) is 22.4. The number of aromatic nitrogens is 4. The molecule has 1 aliphatic heterocycles. The maximum atomic E-state index is 11.3. The second-order valence-electron chi connectivity index (χ2n) is 9.59. The monoisotopic (exact) mass is 521 g/mol. The molecule has 0 unspecified atom stereocenters. The SMILES string of the molecule is Nc1ncnc2c1ncn2[C@@H]1O[C@H](CN(CCc2ccc3ccccc3c2)CC[C@H](N)C(=O)O)[C@@H](O)[C@H]1O. The van der Waals surface area contributed by atoms with Gasteiger partial charge in [-0.25, -0.2) is 15.0 Å². The molecular formula is C26H31N7O5. The first-order chi connectivity index (χ1) is 18.3. The standard InChI is InChI=1S/C26H31N7O5/c27-18(26(36)37)8-10-32(9-7-15-5-6-16-3-1-2-4-17(16)11-15)12-19-21(34)22(35)25(38-19)33-14-31-20-23(28)29-13-30-24(20)33/h1-6,11,13-14,18-19,21-22,25,34-35H,7-10,12,27H2,(H,36,37)(H2,28,29,30)/t18-,19+,21+,22+,25+/m0/s1. The van der Waals surface area contributed by atoms with Crippen LogP contribution in [0.15, 0.2) is 55.1 Å². The Morgan fingerprint density at radius 3 is 2.66 bits per heavy atom. The number of rotatable bonds is 10. The second-order valence-corrected chi connectivity index (χ2v) is 9.59. The summed E-state index contributed by atoms with van der Waals surface area (Å²) >= 11 is 0. The topological polar surface area (TPSA) is 186 Å².